The summed E-state index contributed by atoms with van der Waals surface area (Å²) in [4.78, 5) is 24.4. The molecule has 0 aliphatic heterocycles. The molecular weight excluding hydrogens is 398 g/mol. The Morgan fingerprint density at radius 2 is 2.07 bits per heavy atom. The van der Waals surface area contributed by atoms with E-state index in [1.54, 1.807) is 15.8 Å². The third-order valence-electron chi connectivity index (χ3n) is 4.60. The molecule has 0 radical (unpaired) electrons. The summed E-state index contributed by atoms with van der Waals surface area (Å²) in [6, 6.07) is 13.3. The minimum atomic E-state index is -0.146. The molecule has 8 heteroatoms. The molecule has 3 aromatic heterocycles. The Labute approximate surface area is 179 Å². The Morgan fingerprint density at radius 1 is 1.20 bits per heavy atom. The van der Waals surface area contributed by atoms with Gasteiger partial charge in [-0.1, -0.05) is 17.4 Å². The number of pyridine rings is 1. The number of hydrogen-bond acceptors (Lipinski definition) is 6. The quantitative estimate of drug-likeness (QED) is 0.440. The van der Waals surface area contributed by atoms with Crippen LogP contribution < -0.4 is 9.64 Å². The number of benzene rings is 1. The van der Waals surface area contributed by atoms with Gasteiger partial charge in [-0.15, -0.1) is 0 Å². The number of anilines is 1. The number of rotatable bonds is 7. The third kappa shape index (κ3) is 4.04. The Kier molecular flexibility index (Phi) is 5.76. The third-order valence-corrected chi connectivity index (χ3v) is 5.64. The van der Waals surface area contributed by atoms with E-state index in [0.29, 0.717) is 30.5 Å². The zero-order valence-electron chi connectivity index (χ0n) is 17.2. The van der Waals surface area contributed by atoms with E-state index in [9.17, 15) is 4.79 Å². The maximum atomic E-state index is 13.6. The van der Waals surface area contributed by atoms with Crippen LogP contribution in [0.15, 0.2) is 48.7 Å². The minimum absolute atomic E-state index is 0.146. The molecule has 0 aliphatic rings. The van der Waals surface area contributed by atoms with Crippen molar-refractivity contribution in [2.75, 3.05) is 11.5 Å². The zero-order valence-corrected chi connectivity index (χ0v) is 18.0. The molecule has 0 bridgehead atoms. The predicted octanol–water partition coefficient (Wildman–Crippen LogP) is 4.46. The van der Waals surface area contributed by atoms with Gasteiger partial charge in [-0.3, -0.25) is 19.4 Å². The SMILES string of the molecule is CCOc1ccc2nc(N(Cc3ccccn3)C(=O)c3cc(C)nn3CC)sc2c1. The highest BCUT2D eigenvalue weighted by atomic mass is 32.1. The van der Waals surface area contributed by atoms with Gasteiger partial charge in [0.15, 0.2) is 5.13 Å². The van der Waals surface area contributed by atoms with Crippen LogP contribution in [0.3, 0.4) is 0 Å². The van der Waals surface area contributed by atoms with E-state index in [-0.39, 0.29) is 5.91 Å². The van der Waals surface area contributed by atoms with Gasteiger partial charge in [0.25, 0.3) is 5.91 Å². The van der Waals surface area contributed by atoms with Crippen molar-refractivity contribution in [3.63, 3.8) is 0 Å². The van der Waals surface area contributed by atoms with Gasteiger partial charge >= 0.3 is 0 Å². The number of amides is 1. The highest BCUT2D eigenvalue weighted by Crippen LogP contribution is 2.33. The van der Waals surface area contributed by atoms with E-state index in [1.807, 2.05) is 63.2 Å². The number of nitrogens with zero attached hydrogens (tertiary/aromatic N) is 5. The van der Waals surface area contributed by atoms with Crippen molar-refractivity contribution >= 4 is 32.6 Å². The second-order valence-electron chi connectivity index (χ2n) is 6.76. The average molecular weight is 422 g/mol. The summed E-state index contributed by atoms with van der Waals surface area (Å²) in [5, 5.41) is 5.05. The van der Waals surface area contributed by atoms with E-state index >= 15 is 0 Å². The number of ether oxygens (including phenoxy) is 1. The first-order chi connectivity index (χ1) is 14.6. The highest BCUT2D eigenvalue weighted by molar-refractivity contribution is 7.22. The van der Waals surface area contributed by atoms with Crippen molar-refractivity contribution in [2.24, 2.45) is 0 Å². The molecule has 4 rings (SSSR count). The minimum Gasteiger partial charge on any atom is -0.494 e. The van der Waals surface area contributed by atoms with Crippen LogP contribution >= 0.6 is 11.3 Å². The lowest BCUT2D eigenvalue weighted by atomic mass is 10.3. The lowest BCUT2D eigenvalue weighted by Gasteiger charge is -2.19. The fourth-order valence-corrected chi connectivity index (χ4v) is 4.23. The number of hydrogen-bond donors (Lipinski definition) is 0. The second-order valence-corrected chi connectivity index (χ2v) is 7.77. The van der Waals surface area contributed by atoms with E-state index in [1.165, 1.54) is 11.3 Å². The van der Waals surface area contributed by atoms with Gasteiger partial charge in [0, 0.05) is 12.7 Å². The summed E-state index contributed by atoms with van der Waals surface area (Å²) >= 11 is 1.46. The summed E-state index contributed by atoms with van der Waals surface area (Å²) in [5.41, 5.74) is 2.97. The van der Waals surface area contributed by atoms with Crippen molar-refractivity contribution in [1.82, 2.24) is 19.7 Å². The van der Waals surface area contributed by atoms with Gasteiger partial charge in [0.2, 0.25) is 0 Å². The van der Waals surface area contributed by atoms with Crippen molar-refractivity contribution in [2.45, 2.75) is 33.9 Å². The van der Waals surface area contributed by atoms with Crippen molar-refractivity contribution in [3.05, 3.63) is 65.7 Å². The van der Waals surface area contributed by atoms with E-state index in [4.69, 9.17) is 9.72 Å². The topological polar surface area (TPSA) is 73.1 Å². The number of carbonyl (C=O) groups excluding carboxylic acids is 1. The highest BCUT2D eigenvalue weighted by Gasteiger charge is 2.25. The first-order valence-corrected chi connectivity index (χ1v) is 10.7. The first kappa shape index (κ1) is 20.0. The van der Waals surface area contributed by atoms with Crippen molar-refractivity contribution in [3.8, 4) is 5.75 Å². The Morgan fingerprint density at radius 3 is 2.80 bits per heavy atom. The molecule has 0 unspecified atom stereocenters. The molecule has 4 aromatic rings. The first-order valence-electron chi connectivity index (χ1n) is 9.88. The molecule has 30 heavy (non-hydrogen) atoms. The molecule has 0 saturated heterocycles. The summed E-state index contributed by atoms with van der Waals surface area (Å²) in [6.07, 6.45) is 1.73. The Hall–Kier alpha value is -3.26. The number of aryl methyl sites for hydroxylation is 2. The predicted molar refractivity (Wildman–Crippen MR) is 118 cm³/mol. The van der Waals surface area contributed by atoms with Crippen LogP contribution in [-0.4, -0.2) is 32.3 Å². The van der Waals surface area contributed by atoms with Crippen LogP contribution in [0.25, 0.3) is 10.2 Å². The fourth-order valence-electron chi connectivity index (χ4n) is 3.24. The van der Waals surface area contributed by atoms with Crippen LogP contribution in [0.1, 0.15) is 35.7 Å². The van der Waals surface area contributed by atoms with Gasteiger partial charge in [-0.25, -0.2) is 4.98 Å². The van der Waals surface area contributed by atoms with Gasteiger partial charge in [-0.2, -0.15) is 5.10 Å². The largest absolute Gasteiger partial charge is 0.494 e. The molecule has 1 amide bonds. The molecule has 154 valence electrons. The standard InChI is InChI=1S/C22H23N5O2S/c1-4-27-19(12-15(3)25-27)21(28)26(14-16-8-6-7-11-23-16)22-24-18-10-9-17(29-5-2)13-20(18)30-22/h6-13H,4-5,14H2,1-3H3. The number of thiazole rings is 1. The molecule has 0 N–H and O–H groups in total. The molecule has 1 aromatic carbocycles. The van der Waals surface area contributed by atoms with Crippen molar-refractivity contribution < 1.29 is 9.53 Å². The summed E-state index contributed by atoms with van der Waals surface area (Å²) in [5.74, 6) is 0.648. The maximum absolute atomic E-state index is 13.6. The van der Waals surface area contributed by atoms with Gasteiger partial charge in [0.05, 0.1) is 34.8 Å². The maximum Gasteiger partial charge on any atom is 0.278 e. The van der Waals surface area contributed by atoms with Gasteiger partial charge in [-0.05, 0) is 57.2 Å². The molecular formula is C22H23N5O2S. The lowest BCUT2D eigenvalue weighted by Crippen LogP contribution is -2.32. The van der Waals surface area contributed by atoms with E-state index < -0.39 is 0 Å². The van der Waals surface area contributed by atoms with Crippen LogP contribution in [0.5, 0.6) is 5.75 Å². The van der Waals surface area contributed by atoms with E-state index in [0.717, 1.165) is 27.4 Å². The summed E-state index contributed by atoms with van der Waals surface area (Å²) in [6.45, 7) is 7.35. The molecule has 3 heterocycles. The molecule has 0 fully saturated rings. The van der Waals surface area contributed by atoms with Crippen LogP contribution in [0.2, 0.25) is 0 Å². The smallest absolute Gasteiger partial charge is 0.278 e. The van der Waals surface area contributed by atoms with Gasteiger partial charge in [0.1, 0.15) is 11.4 Å². The van der Waals surface area contributed by atoms with Crippen LogP contribution in [0, 0.1) is 6.92 Å². The van der Waals surface area contributed by atoms with E-state index in [2.05, 4.69) is 10.1 Å². The number of carbonyl (C=O) groups is 1. The number of fused-ring (bicyclic) bond motifs is 1. The normalized spacial score (nSPS) is 11.0. The fraction of sp³-hybridized carbons (Fsp3) is 0.273. The molecule has 7 nitrogen and oxygen atoms in total. The molecule has 0 aliphatic carbocycles. The second kappa shape index (κ2) is 8.62. The summed E-state index contributed by atoms with van der Waals surface area (Å²) < 4.78 is 8.30. The summed E-state index contributed by atoms with van der Waals surface area (Å²) in [7, 11) is 0. The van der Waals surface area contributed by atoms with Crippen LogP contribution in [0.4, 0.5) is 5.13 Å². The Bertz CT molecular complexity index is 1170. The zero-order chi connectivity index (χ0) is 21.1. The van der Waals surface area contributed by atoms with Crippen molar-refractivity contribution in [1.29, 1.82) is 0 Å². The Balaban J connectivity index is 1.76. The molecule has 0 atom stereocenters. The molecule has 0 saturated carbocycles. The lowest BCUT2D eigenvalue weighted by molar-refractivity contribution is 0.0974. The van der Waals surface area contributed by atoms with Gasteiger partial charge < -0.3 is 4.74 Å². The monoisotopic (exact) mass is 421 g/mol. The molecule has 0 spiro atoms. The van der Waals surface area contributed by atoms with Crippen LogP contribution in [-0.2, 0) is 13.1 Å². The average Bonchev–Trinajstić information content (AvgIpc) is 3.35. The number of aromatic nitrogens is 4.